The Labute approximate surface area is 161 Å². The molecule has 2 aliphatic rings. The highest BCUT2D eigenvalue weighted by Crippen LogP contribution is 2.38. The molecular weight excluding hydrogens is 336 g/mol. The van der Waals surface area contributed by atoms with Gasteiger partial charge in [0, 0.05) is 30.6 Å². The summed E-state index contributed by atoms with van der Waals surface area (Å²) in [4.78, 5) is 17.5. The highest BCUT2D eigenvalue weighted by Gasteiger charge is 2.41. The van der Waals surface area contributed by atoms with Crippen molar-refractivity contribution in [2.24, 2.45) is 5.41 Å². The molecule has 4 nitrogen and oxygen atoms in total. The molecule has 0 aliphatic carbocycles. The SMILES string of the molecule is COc1cccc(-c2ccc(C(=O)N3CCCC4(CCN(C)C4)C3)cc2)c1. The predicted molar refractivity (Wildman–Crippen MR) is 108 cm³/mol. The number of ether oxygens (including phenoxy) is 1. The second-order valence-electron chi connectivity index (χ2n) is 8.13. The van der Waals surface area contributed by atoms with Crippen LogP contribution in [0.25, 0.3) is 11.1 Å². The van der Waals surface area contributed by atoms with Crippen LogP contribution < -0.4 is 4.74 Å². The number of hydrogen-bond acceptors (Lipinski definition) is 3. The topological polar surface area (TPSA) is 32.8 Å². The fourth-order valence-electron chi connectivity index (χ4n) is 4.66. The van der Waals surface area contributed by atoms with Gasteiger partial charge in [-0.3, -0.25) is 4.79 Å². The van der Waals surface area contributed by atoms with Crippen LogP contribution in [0.5, 0.6) is 5.75 Å². The summed E-state index contributed by atoms with van der Waals surface area (Å²) >= 11 is 0. The number of carbonyl (C=O) groups excluding carboxylic acids is 1. The van der Waals surface area contributed by atoms with Crippen molar-refractivity contribution in [2.75, 3.05) is 40.3 Å². The van der Waals surface area contributed by atoms with Crippen LogP contribution in [0, 0.1) is 5.41 Å². The van der Waals surface area contributed by atoms with Gasteiger partial charge in [0.05, 0.1) is 7.11 Å². The summed E-state index contributed by atoms with van der Waals surface area (Å²) in [6.45, 7) is 4.04. The number of rotatable bonds is 3. The molecule has 4 heteroatoms. The van der Waals surface area contributed by atoms with Gasteiger partial charge in [0.1, 0.15) is 5.75 Å². The first-order chi connectivity index (χ1) is 13.1. The molecule has 2 saturated heterocycles. The molecule has 0 N–H and O–H groups in total. The fraction of sp³-hybridized carbons (Fsp3) is 0.435. The Balaban J connectivity index is 1.49. The van der Waals surface area contributed by atoms with Crippen LogP contribution in [0.1, 0.15) is 29.6 Å². The summed E-state index contributed by atoms with van der Waals surface area (Å²) in [5, 5.41) is 0. The summed E-state index contributed by atoms with van der Waals surface area (Å²) in [6.07, 6.45) is 3.57. The van der Waals surface area contributed by atoms with Gasteiger partial charge in [0.25, 0.3) is 5.91 Å². The van der Waals surface area contributed by atoms with E-state index in [2.05, 4.69) is 22.9 Å². The van der Waals surface area contributed by atoms with Gasteiger partial charge in [0.15, 0.2) is 0 Å². The van der Waals surface area contributed by atoms with Crippen molar-refractivity contribution in [3.8, 4) is 16.9 Å². The molecule has 2 aliphatic heterocycles. The predicted octanol–water partition coefficient (Wildman–Crippen LogP) is 3.92. The Hall–Kier alpha value is -2.33. The number of benzene rings is 2. The molecule has 0 radical (unpaired) electrons. The third-order valence-electron chi connectivity index (χ3n) is 6.11. The van der Waals surface area contributed by atoms with E-state index in [9.17, 15) is 4.79 Å². The second kappa shape index (κ2) is 7.35. The van der Waals surface area contributed by atoms with Gasteiger partial charge in [0.2, 0.25) is 0 Å². The lowest BCUT2D eigenvalue weighted by molar-refractivity contribution is 0.0534. The summed E-state index contributed by atoms with van der Waals surface area (Å²) in [5.74, 6) is 1.01. The average Bonchev–Trinajstić information content (AvgIpc) is 3.07. The maximum absolute atomic E-state index is 13.1. The van der Waals surface area contributed by atoms with Crippen LogP contribution >= 0.6 is 0 Å². The Morgan fingerprint density at radius 1 is 1.00 bits per heavy atom. The van der Waals surface area contributed by atoms with E-state index in [1.807, 2.05) is 42.5 Å². The zero-order chi connectivity index (χ0) is 18.9. The number of methoxy groups -OCH3 is 1. The zero-order valence-corrected chi connectivity index (χ0v) is 16.3. The fourth-order valence-corrected chi connectivity index (χ4v) is 4.66. The lowest BCUT2D eigenvalue weighted by Crippen LogP contribution is -2.47. The van der Waals surface area contributed by atoms with E-state index >= 15 is 0 Å². The van der Waals surface area contributed by atoms with Crippen LogP contribution in [-0.2, 0) is 0 Å². The molecule has 27 heavy (non-hydrogen) atoms. The number of likely N-dealkylation sites (tertiary alicyclic amines) is 2. The molecule has 0 bridgehead atoms. The largest absolute Gasteiger partial charge is 0.497 e. The second-order valence-corrected chi connectivity index (χ2v) is 8.13. The molecule has 4 rings (SSSR count). The molecule has 142 valence electrons. The summed E-state index contributed by atoms with van der Waals surface area (Å²) in [5.41, 5.74) is 3.28. The van der Waals surface area contributed by atoms with Crippen molar-refractivity contribution in [1.82, 2.24) is 9.80 Å². The van der Waals surface area contributed by atoms with Crippen LogP contribution in [0.15, 0.2) is 48.5 Å². The van der Waals surface area contributed by atoms with E-state index in [0.717, 1.165) is 55.0 Å². The van der Waals surface area contributed by atoms with Crippen molar-refractivity contribution in [2.45, 2.75) is 19.3 Å². The van der Waals surface area contributed by atoms with Gasteiger partial charge in [-0.25, -0.2) is 0 Å². The number of piperidine rings is 1. The highest BCUT2D eigenvalue weighted by molar-refractivity contribution is 5.94. The molecule has 1 atom stereocenters. The van der Waals surface area contributed by atoms with Crippen molar-refractivity contribution >= 4 is 5.91 Å². The van der Waals surface area contributed by atoms with Crippen LogP contribution in [0.4, 0.5) is 0 Å². The smallest absolute Gasteiger partial charge is 0.253 e. The third kappa shape index (κ3) is 3.72. The van der Waals surface area contributed by atoms with Gasteiger partial charge >= 0.3 is 0 Å². The van der Waals surface area contributed by atoms with Crippen LogP contribution in [0.2, 0.25) is 0 Å². The van der Waals surface area contributed by atoms with Gasteiger partial charge < -0.3 is 14.5 Å². The Morgan fingerprint density at radius 3 is 2.52 bits per heavy atom. The number of amides is 1. The first kappa shape index (κ1) is 18.1. The number of nitrogens with zero attached hydrogens (tertiary/aromatic N) is 2. The maximum Gasteiger partial charge on any atom is 0.253 e. The van der Waals surface area contributed by atoms with Crippen LogP contribution in [0.3, 0.4) is 0 Å². The minimum absolute atomic E-state index is 0.167. The van der Waals surface area contributed by atoms with Gasteiger partial charge in [-0.2, -0.15) is 0 Å². The summed E-state index contributed by atoms with van der Waals surface area (Å²) < 4.78 is 5.31. The standard InChI is InChI=1S/C23H28N2O2/c1-24-14-12-23(16-24)11-4-13-25(17-23)22(26)19-9-7-18(8-10-19)20-5-3-6-21(15-20)27-2/h3,5-10,15H,4,11-14,16-17H2,1-2H3. The molecular formula is C23H28N2O2. The van der Waals surface area contributed by atoms with E-state index < -0.39 is 0 Å². The molecule has 2 aromatic carbocycles. The lowest BCUT2D eigenvalue weighted by Gasteiger charge is -2.40. The van der Waals surface area contributed by atoms with E-state index in [0.29, 0.717) is 5.41 Å². The molecule has 1 amide bonds. The first-order valence-corrected chi connectivity index (χ1v) is 9.81. The Bertz CT molecular complexity index is 813. The zero-order valence-electron chi connectivity index (χ0n) is 16.3. The highest BCUT2D eigenvalue weighted by atomic mass is 16.5. The molecule has 2 aromatic rings. The van der Waals surface area contributed by atoms with Gasteiger partial charge in [-0.05, 0) is 68.2 Å². The molecule has 0 aromatic heterocycles. The maximum atomic E-state index is 13.1. The first-order valence-electron chi connectivity index (χ1n) is 9.81. The Morgan fingerprint density at radius 2 is 1.81 bits per heavy atom. The van der Waals surface area contributed by atoms with E-state index in [4.69, 9.17) is 4.74 Å². The monoisotopic (exact) mass is 364 g/mol. The van der Waals surface area contributed by atoms with Gasteiger partial charge in [-0.1, -0.05) is 24.3 Å². The molecule has 0 saturated carbocycles. The van der Waals surface area contributed by atoms with Crippen molar-refractivity contribution in [3.63, 3.8) is 0 Å². The average molecular weight is 364 g/mol. The van der Waals surface area contributed by atoms with Crippen molar-refractivity contribution in [3.05, 3.63) is 54.1 Å². The molecule has 1 unspecified atom stereocenters. The molecule has 2 fully saturated rings. The third-order valence-corrected chi connectivity index (χ3v) is 6.11. The summed E-state index contributed by atoms with van der Waals surface area (Å²) in [6, 6.07) is 16.0. The van der Waals surface area contributed by atoms with Crippen molar-refractivity contribution in [1.29, 1.82) is 0 Å². The molecule has 2 heterocycles. The minimum Gasteiger partial charge on any atom is -0.497 e. The number of carbonyl (C=O) groups is 1. The van der Waals surface area contributed by atoms with E-state index in [1.54, 1.807) is 7.11 Å². The quantitative estimate of drug-likeness (QED) is 0.828. The molecule has 1 spiro atoms. The van der Waals surface area contributed by atoms with E-state index in [1.165, 1.54) is 12.8 Å². The van der Waals surface area contributed by atoms with Crippen LogP contribution in [-0.4, -0.2) is 56.0 Å². The minimum atomic E-state index is 0.167. The Kier molecular flexibility index (Phi) is 4.92. The van der Waals surface area contributed by atoms with Crippen molar-refractivity contribution < 1.29 is 9.53 Å². The summed E-state index contributed by atoms with van der Waals surface area (Å²) in [7, 11) is 3.86. The van der Waals surface area contributed by atoms with Gasteiger partial charge in [-0.15, -0.1) is 0 Å². The lowest BCUT2D eigenvalue weighted by atomic mass is 9.79. The number of hydrogen-bond donors (Lipinski definition) is 0. The normalized spacial score (nSPS) is 23.0. The van der Waals surface area contributed by atoms with E-state index in [-0.39, 0.29) is 5.91 Å².